The number of halogens is 1. The van der Waals surface area contributed by atoms with Gasteiger partial charge in [0, 0.05) is 6.42 Å². The van der Waals surface area contributed by atoms with Gasteiger partial charge in [-0.2, -0.15) is 0 Å². The Morgan fingerprint density at radius 2 is 1.89 bits per heavy atom. The molecule has 138 valence electrons. The Labute approximate surface area is 155 Å². The molecule has 0 unspecified atom stereocenters. The van der Waals surface area contributed by atoms with Gasteiger partial charge in [0.1, 0.15) is 18.5 Å². The minimum Gasteiger partial charge on any atom is -0.484 e. The van der Waals surface area contributed by atoms with Gasteiger partial charge in [-0.3, -0.25) is 4.79 Å². The summed E-state index contributed by atoms with van der Waals surface area (Å²) in [6.45, 7) is 0.807. The van der Waals surface area contributed by atoms with E-state index >= 15 is 0 Å². The lowest BCUT2D eigenvalue weighted by Crippen LogP contribution is -2.58. The van der Waals surface area contributed by atoms with Crippen molar-refractivity contribution in [2.75, 3.05) is 13.1 Å². The number of tetrazole rings is 1. The molecule has 1 aliphatic heterocycles. The van der Waals surface area contributed by atoms with Crippen LogP contribution < -0.4 is 4.74 Å². The molecule has 0 saturated carbocycles. The number of para-hydroxylation sites is 1. The lowest BCUT2D eigenvalue weighted by Gasteiger charge is -2.40. The molecule has 0 spiro atoms. The first kappa shape index (κ1) is 17.1. The molecule has 0 N–H and O–H groups in total. The molecule has 8 heteroatoms. The second-order valence-corrected chi connectivity index (χ2v) is 6.41. The highest BCUT2D eigenvalue weighted by Gasteiger charge is 2.37. The average molecular weight is 367 g/mol. The van der Waals surface area contributed by atoms with Crippen LogP contribution in [0.2, 0.25) is 0 Å². The molecule has 1 fully saturated rings. The highest BCUT2D eigenvalue weighted by molar-refractivity contribution is 5.81. The SMILES string of the molecule is O=C([C@@H](Cc1ccccc1)n1cnnn1)N1CC(Oc2ccccc2F)C1. The first-order valence-corrected chi connectivity index (χ1v) is 8.67. The molecule has 2 heterocycles. The van der Waals surface area contributed by atoms with Crippen LogP contribution in [0.15, 0.2) is 60.9 Å². The van der Waals surface area contributed by atoms with Gasteiger partial charge in [0.25, 0.3) is 0 Å². The van der Waals surface area contributed by atoms with Gasteiger partial charge >= 0.3 is 0 Å². The molecular weight excluding hydrogens is 349 g/mol. The summed E-state index contributed by atoms with van der Waals surface area (Å²) in [5.74, 6) is -0.284. The highest BCUT2D eigenvalue weighted by atomic mass is 19.1. The van der Waals surface area contributed by atoms with E-state index in [0.29, 0.717) is 19.5 Å². The molecule has 1 atom stereocenters. The van der Waals surface area contributed by atoms with E-state index < -0.39 is 11.9 Å². The van der Waals surface area contributed by atoms with Crippen molar-refractivity contribution in [3.05, 3.63) is 72.3 Å². The van der Waals surface area contributed by atoms with Gasteiger partial charge in [0.2, 0.25) is 5.91 Å². The van der Waals surface area contributed by atoms with E-state index in [4.69, 9.17) is 4.74 Å². The zero-order valence-corrected chi connectivity index (χ0v) is 14.5. The fraction of sp³-hybridized carbons (Fsp3) is 0.263. The topological polar surface area (TPSA) is 73.1 Å². The second kappa shape index (κ2) is 7.53. The van der Waals surface area contributed by atoms with Gasteiger partial charge in [-0.1, -0.05) is 42.5 Å². The van der Waals surface area contributed by atoms with Crippen molar-refractivity contribution in [2.45, 2.75) is 18.6 Å². The number of carbonyl (C=O) groups is 1. The number of rotatable bonds is 6. The third-order valence-corrected chi connectivity index (χ3v) is 4.53. The van der Waals surface area contributed by atoms with Crippen LogP contribution in [0.25, 0.3) is 0 Å². The number of likely N-dealkylation sites (tertiary alicyclic amines) is 1. The Bertz CT molecular complexity index is 897. The summed E-state index contributed by atoms with van der Waals surface area (Å²) >= 11 is 0. The van der Waals surface area contributed by atoms with Gasteiger partial charge in [0.15, 0.2) is 11.6 Å². The van der Waals surface area contributed by atoms with E-state index in [0.717, 1.165) is 5.56 Å². The predicted molar refractivity (Wildman–Crippen MR) is 94.4 cm³/mol. The largest absolute Gasteiger partial charge is 0.484 e. The summed E-state index contributed by atoms with van der Waals surface area (Å²) < 4.78 is 20.8. The number of amides is 1. The molecule has 1 saturated heterocycles. The molecule has 1 aromatic heterocycles. The van der Waals surface area contributed by atoms with Crippen molar-refractivity contribution >= 4 is 5.91 Å². The number of nitrogens with zero attached hydrogens (tertiary/aromatic N) is 5. The van der Waals surface area contributed by atoms with Crippen LogP contribution in [0.1, 0.15) is 11.6 Å². The van der Waals surface area contributed by atoms with Crippen molar-refractivity contribution < 1.29 is 13.9 Å². The van der Waals surface area contributed by atoms with Crippen LogP contribution in [0.3, 0.4) is 0 Å². The third kappa shape index (κ3) is 3.79. The van der Waals surface area contributed by atoms with Gasteiger partial charge < -0.3 is 9.64 Å². The molecule has 3 aromatic rings. The summed E-state index contributed by atoms with van der Waals surface area (Å²) in [6, 6.07) is 15.4. The zero-order chi connectivity index (χ0) is 18.6. The van der Waals surface area contributed by atoms with Crippen LogP contribution >= 0.6 is 0 Å². The number of carbonyl (C=O) groups excluding carboxylic acids is 1. The minimum absolute atomic E-state index is 0.0838. The molecule has 0 bridgehead atoms. The molecular formula is C19H18FN5O2. The number of aromatic nitrogens is 4. The van der Waals surface area contributed by atoms with Crippen molar-refractivity contribution in [3.8, 4) is 5.75 Å². The van der Waals surface area contributed by atoms with Crippen molar-refractivity contribution in [2.24, 2.45) is 0 Å². The van der Waals surface area contributed by atoms with Crippen LogP contribution in [0, 0.1) is 5.82 Å². The van der Waals surface area contributed by atoms with Crippen molar-refractivity contribution in [1.29, 1.82) is 0 Å². The maximum absolute atomic E-state index is 13.7. The standard InChI is InChI=1S/C19H18FN5O2/c20-16-8-4-5-9-18(16)27-15-11-24(12-15)19(26)17(25-13-21-22-23-25)10-14-6-2-1-3-7-14/h1-9,13,15,17H,10-12H2/t17-/m1/s1. The van der Waals surface area contributed by atoms with Crippen molar-refractivity contribution in [1.82, 2.24) is 25.1 Å². The molecule has 1 amide bonds. The van der Waals surface area contributed by atoms with Crippen LogP contribution in [-0.4, -0.2) is 50.2 Å². The Morgan fingerprint density at radius 3 is 2.59 bits per heavy atom. The molecule has 4 rings (SSSR count). The summed E-state index contributed by atoms with van der Waals surface area (Å²) in [5, 5.41) is 11.2. The zero-order valence-electron chi connectivity index (χ0n) is 14.5. The van der Waals surface area contributed by atoms with E-state index in [1.807, 2.05) is 30.3 Å². The van der Waals surface area contributed by atoms with E-state index in [-0.39, 0.29) is 17.8 Å². The maximum atomic E-state index is 13.7. The first-order chi connectivity index (χ1) is 13.2. The average Bonchev–Trinajstić information content (AvgIpc) is 3.18. The summed E-state index contributed by atoms with van der Waals surface area (Å²) in [6.07, 6.45) is 1.70. The minimum atomic E-state index is -0.531. The molecule has 0 radical (unpaired) electrons. The quantitative estimate of drug-likeness (QED) is 0.665. The highest BCUT2D eigenvalue weighted by Crippen LogP contribution is 2.24. The fourth-order valence-electron chi connectivity index (χ4n) is 3.07. The van der Waals surface area contributed by atoms with E-state index in [1.165, 1.54) is 17.1 Å². The summed E-state index contributed by atoms with van der Waals surface area (Å²) in [7, 11) is 0. The number of ether oxygens (including phenoxy) is 1. The van der Waals surface area contributed by atoms with Gasteiger partial charge in [0.05, 0.1) is 13.1 Å². The van der Waals surface area contributed by atoms with Crippen LogP contribution in [0.5, 0.6) is 5.75 Å². The lowest BCUT2D eigenvalue weighted by atomic mass is 10.0. The van der Waals surface area contributed by atoms with Crippen molar-refractivity contribution in [3.63, 3.8) is 0 Å². The third-order valence-electron chi connectivity index (χ3n) is 4.53. The molecule has 0 aliphatic carbocycles. The van der Waals surface area contributed by atoms with E-state index in [2.05, 4.69) is 15.5 Å². The summed E-state index contributed by atoms with van der Waals surface area (Å²) in [4.78, 5) is 14.7. The predicted octanol–water partition coefficient (Wildman–Crippen LogP) is 1.89. The number of hydrogen-bond acceptors (Lipinski definition) is 5. The number of benzene rings is 2. The van der Waals surface area contributed by atoms with Gasteiger partial charge in [-0.05, 0) is 28.1 Å². The first-order valence-electron chi connectivity index (χ1n) is 8.67. The molecule has 7 nitrogen and oxygen atoms in total. The normalized spacial score (nSPS) is 15.2. The number of hydrogen-bond donors (Lipinski definition) is 0. The van der Waals surface area contributed by atoms with Crippen LogP contribution in [0.4, 0.5) is 4.39 Å². The molecule has 2 aromatic carbocycles. The van der Waals surface area contributed by atoms with Crippen LogP contribution in [-0.2, 0) is 11.2 Å². The Balaban J connectivity index is 1.42. The monoisotopic (exact) mass is 367 g/mol. The molecule has 27 heavy (non-hydrogen) atoms. The van der Waals surface area contributed by atoms with E-state index in [9.17, 15) is 9.18 Å². The molecule has 1 aliphatic rings. The summed E-state index contributed by atoms with van der Waals surface area (Å²) in [5.41, 5.74) is 1.02. The maximum Gasteiger partial charge on any atom is 0.248 e. The Morgan fingerprint density at radius 1 is 1.15 bits per heavy atom. The van der Waals surface area contributed by atoms with Gasteiger partial charge in [-0.15, -0.1) is 5.10 Å². The fourth-order valence-corrected chi connectivity index (χ4v) is 3.07. The van der Waals surface area contributed by atoms with Gasteiger partial charge in [-0.25, -0.2) is 9.07 Å². The Kier molecular flexibility index (Phi) is 4.78. The Hall–Kier alpha value is -3.29. The lowest BCUT2D eigenvalue weighted by molar-refractivity contribution is -0.144. The van der Waals surface area contributed by atoms with E-state index in [1.54, 1.807) is 23.1 Å². The second-order valence-electron chi connectivity index (χ2n) is 6.41. The smallest absolute Gasteiger partial charge is 0.248 e.